The van der Waals surface area contributed by atoms with E-state index in [0.717, 1.165) is 17.1 Å². The van der Waals surface area contributed by atoms with Crippen LogP contribution in [-0.4, -0.2) is 55.7 Å². The van der Waals surface area contributed by atoms with Crippen LogP contribution in [0.1, 0.15) is 27.4 Å². The summed E-state index contributed by atoms with van der Waals surface area (Å²) in [6.45, 7) is 6.64. The van der Waals surface area contributed by atoms with E-state index in [-0.39, 0.29) is 17.7 Å². The second kappa shape index (κ2) is 8.52. The highest BCUT2D eigenvalue weighted by Crippen LogP contribution is 2.20. The fraction of sp³-hybridized carbons (Fsp3) is 0.364. The maximum absolute atomic E-state index is 12.8. The van der Waals surface area contributed by atoms with Crippen LogP contribution in [0.25, 0.3) is 0 Å². The molecular formula is C22H26N6O2. The first-order chi connectivity index (χ1) is 14.5. The number of hydrogen-bond acceptors (Lipinski definition) is 4. The molecule has 1 fully saturated rings. The Kier molecular flexibility index (Phi) is 5.65. The molecule has 3 aromatic rings. The van der Waals surface area contributed by atoms with Gasteiger partial charge in [0, 0.05) is 50.3 Å². The van der Waals surface area contributed by atoms with Gasteiger partial charge in [-0.3, -0.25) is 14.3 Å². The SMILES string of the molecule is Cc1ccn(CCNC(=O)C2CN(C(=O)c3cccc(Cn4ccnc4C)c3)C2)n1. The van der Waals surface area contributed by atoms with Gasteiger partial charge in [-0.25, -0.2) is 4.98 Å². The summed E-state index contributed by atoms with van der Waals surface area (Å²) in [5.41, 5.74) is 2.66. The zero-order chi connectivity index (χ0) is 21.1. The summed E-state index contributed by atoms with van der Waals surface area (Å²) in [5, 5.41) is 7.23. The Morgan fingerprint density at radius 3 is 2.70 bits per heavy atom. The van der Waals surface area contributed by atoms with Crippen LogP contribution in [-0.2, 0) is 17.9 Å². The van der Waals surface area contributed by atoms with Crippen LogP contribution in [0.2, 0.25) is 0 Å². The van der Waals surface area contributed by atoms with Gasteiger partial charge >= 0.3 is 0 Å². The number of nitrogens with one attached hydrogen (secondary N) is 1. The number of aromatic nitrogens is 4. The quantitative estimate of drug-likeness (QED) is 0.646. The Morgan fingerprint density at radius 1 is 1.17 bits per heavy atom. The minimum atomic E-state index is -0.148. The molecule has 8 nitrogen and oxygen atoms in total. The normalized spacial score (nSPS) is 13.9. The third-order valence-corrected chi connectivity index (χ3v) is 5.40. The lowest BCUT2D eigenvalue weighted by Crippen LogP contribution is -2.56. The number of carbonyl (C=O) groups excluding carboxylic acids is 2. The molecule has 2 aromatic heterocycles. The molecule has 0 aliphatic carbocycles. The number of likely N-dealkylation sites (tertiary alicyclic amines) is 1. The van der Waals surface area contributed by atoms with E-state index in [2.05, 4.69) is 15.4 Å². The lowest BCUT2D eigenvalue weighted by Gasteiger charge is -2.38. The van der Waals surface area contributed by atoms with Gasteiger partial charge in [0.25, 0.3) is 5.91 Å². The van der Waals surface area contributed by atoms with Crippen molar-refractivity contribution in [1.29, 1.82) is 0 Å². The van der Waals surface area contributed by atoms with Crippen molar-refractivity contribution in [2.45, 2.75) is 26.9 Å². The summed E-state index contributed by atoms with van der Waals surface area (Å²) in [6.07, 6.45) is 5.59. The van der Waals surface area contributed by atoms with Gasteiger partial charge in [0.15, 0.2) is 0 Å². The van der Waals surface area contributed by atoms with Gasteiger partial charge in [0.2, 0.25) is 5.91 Å². The molecule has 30 heavy (non-hydrogen) atoms. The fourth-order valence-electron chi connectivity index (χ4n) is 3.59. The number of imidazole rings is 1. The number of amides is 2. The maximum Gasteiger partial charge on any atom is 0.253 e. The van der Waals surface area contributed by atoms with E-state index < -0.39 is 0 Å². The monoisotopic (exact) mass is 406 g/mol. The Hall–Kier alpha value is -3.42. The van der Waals surface area contributed by atoms with Gasteiger partial charge in [-0.15, -0.1) is 0 Å². The lowest BCUT2D eigenvalue weighted by molar-refractivity contribution is -0.129. The van der Waals surface area contributed by atoms with E-state index in [0.29, 0.717) is 38.3 Å². The van der Waals surface area contributed by atoms with Crippen molar-refractivity contribution in [3.63, 3.8) is 0 Å². The molecule has 2 amide bonds. The Morgan fingerprint density at radius 2 is 2.00 bits per heavy atom. The molecule has 0 atom stereocenters. The predicted octanol–water partition coefficient (Wildman–Crippen LogP) is 1.63. The van der Waals surface area contributed by atoms with Crippen molar-refractivity contribution < 1.29 is 9.59 Å². The molecule has 0 spiro atoms. The summed E-state index contributed by atoms with van der Waals surface area (Å²) < 4.78 is 3.85. The van der Waals surface area contributed by atoms with Gasteiger partial charge in [0.05, 0.1) is 18.2 Å². The van der Waals surface area contributed by atoms with Gasteiger partial charge < -0.3 is 14.8 Å². The first-order valence-electron chi connectivity index (χ1n) is 10.1. The van der Waals surface area contributed by atoms with Gasteiger partial charge in [-0.1, -0.05) is 12.1 Å². The number of aryl methyl sites for hydroxylation is 2. The number of carbonyl (C=O) groups is 2. The fourth-order valence-corrected chi connectivity index (χ4v) is 3.59. The van der Waals surface area contributed by atoms with Crippen molar-refractivity contribution in [3.8, 4) is 0 Å². The van der Waals surface area contributed by atoms with Crippen LogP contribution in [0.15, 0.2) is 48.9 Å². The molecule has 3 heterocycles. The zero-order valence-electron chi connectivity index (χ0n) is 17.3. The molecule has 8 heteroatoms. The van der Waals surface area contributed by atoms with E-state index >= 15 is 0 Å². The van der Waals surface area contributed by atoms with Crippen LogP contribution >= 0.6 is 0 Å². The average molecular weight is 406 g/mol. The van der Waals surface area contributed by atoms with Crippen LogP contribution in [0.5, 0.6) is 0 Å². The van der Waals surface area contributed by atoms with Crippen molar-refractivity contribution in [1.82, 2.24) is 29.5 Å². The highest BCUT2D eigenvalue weighted by atomic mass is 16.2. The van der Waals surface area contributed by atoms with Crippen molar-refractivity contribution >= 4 is 11.8 Å². The summed E-state index contributed by atoms with van der Waals surface area (Å²) >= 11 is 0. The topological polar surface area (TPSA) is 85.0 Å². The van der Waals surface area contributed by atoms with E-state index in [1.165, 1.54) is 0 Å². The smallest absolute Gasteiger partial charge is 0.253 e. The van der Waals surface area contributed by atoms with Crippen molar-refractivity contribution in [2.75, 3.05) is 19.6 Å². The molecule has 0 saturated carbocycles. The summed E-state index contributed by atoms with van der Waals surface area (Å²) in [5.74, 6) is 0.749. The molecule has 1 aromatic carbocycles. The molecule has 156 valence electrons. The van der Waals surface area contributed by atoms with Crippen LogP contribution < -0.4 is 5.32 Å². The Labute approximate surface area is 175 Å². The molecule has 1 N–H and O–H groups in total. The minimum Gasteiger partial charge on any atom is -0.354 e. The molecule has 1 aliphatic rings. The number of hydrogen-bond donors (Lipinski definition) is 1. The minimum absolute atomic E-state index is 0.00717. The standard InChI is InChI=1S/C22H26N6O2/c1-16-6-9-28(25-16)11-8-24-21(29)20-14-27(15-20)22(30)19-5-3-4-18(12-19)13-26-10-7-23-17(26)2/h3-7,9-10,12,20H,8,11,13-15H2,1-2H3,(H,24,29). The van der Waals surface area contributed by atoms with Gasteiger partial charge in [-0.05, 0) is 37.6 Å². The van der Waals surface area contributed by atoms with Gasteiger partial charge in [0.1, 0.15) is 5.82 Å². The first-order valence-corrected chi connectivity index (χ1v) is 10.1. The molecule has 4 rings (SSSR count). The second-order valence-electron chi connectivity index (χ2n) is 7.72. The van der Waals surface area contributed by atoms with Crippen LogP contribution in [0, 0.1) is 19.8 Å². The first kappa shape index (κ1) is 19.9. The third kappa shape index (κ3) is 4.42. The number of benzene rings is 1. The zero-order valence-corrected chi connectivity index (χ0v) is 17.3. The van der Waals surface area contributed by atoms with E-state index in [1.807, 2.05) is 65.8 Å². The molecule has 0 radical (unpaired) electrons. The van der Waals surface area contributed by atoms with E-state index in [1.54, 1.807) is 11.1 Å². The average Bonchev–Trinajstić information content (AvgIpc) is 3.29. The lowest BCUT2D eigenvalue weighted by atomic mass is 9.97. The molecule has 0 unspecified atom stereocenters. The predicted molar refractivity (Wildman–Crippen MR) is 112 cm³/mol. The summed E-state index contributed by atoms with van der Waals surface area (Å²) in [6, 6.07) is 9.58. The van der Waals surface area contributed by atoms with E-state index in [9.17, 15) is 9.59 Å². The highest BCUT2D eigenvalue weighted by Gasteiger charge is 2.35. The largest absolute Gasteiger partial charge is 0.354 e. The molecular weight excluding hydrogens is 380 g/mol. The second-order valence-corrected chi connectivity index (χ2v) is 7.72. The molecule has 1 aliphatic heterocycles. The van der Waals surface area contributed by atoms with Crippen molar-refractivity contribution in [2.24, 2.45) is 5.92 Å². The third-order valence-electron chi connectivity index (χ3n) is 5.40. The maximum atomic E-state index is 12.8. The Balaban J connectivity index is 1.26. The Bertz CT molecular complexity index is 1050. The highest BCUT2D eigenvalue weighted by molar-refractivity contribution is 5.96. The van der Waals surface area contributed by atoms with Crippen molar-refractivity contribution in [3.05, 3.63) is 71.6 Å². The van der Waals surface area contributed by atoms with Crippen LogP contribution in [0.3, 0.4) is 0 Å². The van der Waals surface area contributed by atoms with Crippen LogP contribution in [0.4, 0.5) is 0 Å². The van der Waals surface area contributed by atoms with E-state index in [4.69, 9.17) is 0 Å². The number of rotatable bonds is 7. The number of nitrogens with zero attached hydrogens (tertiary/aromatic N) is 5. The summed E-state index contributed by atoms with van der Waals surface area (Å²) in [4.78, 5) is 31.0. The van der Waals surface area contributed by atoms with Gasteiger partial charge in [-0.2, -0.15) is 5.10 Å². The summed E-state index contributed by atoms with van der Waals surface area (Å²) in [7, 11) is 0. The molecule has 1 saturated heterocycles. The molecule has 0 bridgehead atoms.